The molecule has 1 aromatic rings. The van der Waals surface area contributed by atoms with E-state index in [-0.39, 0.29) is 11.7 Å². The number of aromatic nitrogens is 2. The number of hydrogen-bond acceptors (Lipinski definition) is 8. The third kappa shape index (κ3) is 3.62. The third-order valence-electron chi connectivity index (χ3n) is 3.89. The van der Waals surface area contributed by atoms with Gasteiger partial charge in [-0.25, -0.2) is 4.79 Å². The number of nitrogens with two attached hydrogens (primary N) is 1. The molecule has 5 atom stereocenters. The number of rotatable bonds is 5. The van der Waals surface area contributed by atoms with E-state index >= 15 is 0 Å². The highest BCUT2D eigenvalue weighted by molar-refractivity contribution is 5.93. The SMILES string of the molecule is CC(C)C(N)C(=O)Nc1ccn(C2OC(CO)C(O)C2O)c(=O)n1. The Morgan fingerprint density at radius 1 is 1.46 bits per heavy atom. The molecule has 1 amide bonds. The van der Waals surface area contributed by atoms with Crippen LogP contribution in [0.15, 0.2) is 17.1 Å². The van der Waals surface area contributed by atoms with E-state index in [0.29, 0.717) is 0 Å². The number of ether oxygens (including phenoxy) is 1. The van der Waals surface area contributed by atoms with Gasteiger partial charge in [0.2, 0.25) is 5.91 Å². The molecule has 0 saturated carbocycles. The highest BCUT2D eigenvalue weighted by Crippen LogP contribution is 2.28. The van der Waals surface area contributed by atoms with Gasteiger partial charge in [0.25, 0.3) is 0 Å². The third-order valence-corrected chi connectivity index (χ3v) is 3.89. The predicted molar refractivity (Wildman–Crippen MR) is 82.9 cm³/mol. The summed E-state index contributed by atoms with van der Waals surface area (Å²) in [6, 6.07) is 0.607. The molecule has 0 spiro atoms. The molecule has 2 heterocycles. The first-order valence-electron chi connectivity index (χ1n) is 7.54. The van der Waals surface area contributed by atoms with Gasteiger partial charge in [-0.3, -0.25) is 9.36 Å². The van der Waals surface area contributed by atoms with Crippen molar-refractivity contribution in [1.82, 2.24) is 9.55 Å². The zero-order chi connectivity index (χ0) is 18.0. The molecular weight excluding hydrogens is 320 g/mol. The Balaban J connectivity index is 2.16. The second-order valence-electron chi connectivity index (χ2n) is 5.99. The van der Waals surface area contributed by atoms with Gasteiger partial charge < -0.3 is 31.1 Å². The minimum absolute atomic E-state index is 0.0177. The van der Waals surface area contributed by atoms with Gasteiger partial charge in [-0.1, -0.05) is 13.8 Å². The van der Waals surface area contributed by atoms with Gasteiger partial charge in [0.1, 0.15) is 24.1 Å². The van der Waals surface area contributed by atoms with Crippen LogP contribution in [0.5, 0.6) is 0 Å². The van der Waals surface area contributed by atoms with Crippen LogP contribution >= 0.6 is 0 Å². The summed E-state index contributed by atoms with van der Waals surface area (Å²) in [6.07, 6.45) is -3.63. The van der Waals surface area contributed by atoms with Crippen molar-refractivity contribution in [1.29, 1.82) is 0 Å². The number of aliphatic hydroxyl groups excluding tert-OH is 3. The quantitative estimate of drug-likeness (QED) is 0.402. The minimum Gasteiger partial charge on any atom is -0.394 e. The zero-order valence-corrected chi connectivity index (χ0v) is 13.4. The van der Waals surface area contributed by atoms with Crippen LogP contribution < -0.4 is 16.7 Å². The van der Waals surface area contributed by atoms with E-state index in [4.69, 9.17) is 15.6 Å². The molecule has 0 bridgehead atoms. The lowest BCUT2D eigenvalue weighted by Crippen LogP contribution is -2.40. The van der Waals surface area contributed by atoms with Crippen LogP contribution in [0.4, 0.5) is 5.82 Å². The van der Waals surface area contributed by atoms with E-state index in [0.717, 1.165) is 4.57 Å². The van der Waals surface area contributed by atoms with Crippen LogP contribution in [0.2, 0.25) is 0 Å². The van der Waals surface area contributed by atoms with Gasteiger partial charge in [-0.05, 0) is 12.0 Å². The molecule has 1 aliphatic heterocycles. The predicted octanol–water partition coefficient (Wildman–Crippen LogP) is -2.22. The molecule has 1 aliphatic rings. The Bertz CT molecular complexity index is 648. The van der Waals surface area contributed by atoms with E-state index < -0.39 is 48.8 Å². The molecule has 1 aromatic heterocycles. The van der Waals surface area contributed by atoms with Crippen LogP contribution in [0.1, 0.15) is 20.1 Å². The Morgan fingerprint density at radius 2 is 2.12 bits per heavy atom. The van der Waals surface area contributed by atoms with E-state index in [1.807, 2.05) is 0 Å². The first-order chi connectivity index (χ1) is 11.3. The molecule has 10 heteroatoms. The van der Waals surface area contributed by atoms with Gasteiger partial charge in [0, 0.05) is 6.20 Å². The fourth-order valence-electron chi connectivity index (χ4n) is 2.30. The molecule has 1 saturated heterocycles. The molecule has 0 aromatic carbocycles. The van der Waals surface area contributed by atoms with Gasteiger partial charge in [0.15, 0.2) is 6.23 Å². The maximum Gasteiger partial charge on any atom is 0.351 e. The fourth-order valence-corrected chi connectivity index (χ4v) is 2.30. The summed E-state index contributed by atoms with van der Waals surface area (Å²) < 4.78 is 6.23. The van der Waals surface area contributed by atoms with Crippen molar-refractivity contribution in [2.24, 2.45) is 11.7 Å². The topological polar surface area (TPSA) is 160 Å². The molecule has 6 N–H and O–H groups in total. The number of hydrogen-bond donors (Lipinski definition) is 5. The number of carbonyl (C=O) groups excluding carboxylic acids is 1. The van der Waals surface area contributed by atoms with Gasteiger partial charge in [-0.15, -0.1) is 0 Å². The number of aliphatic hydroxyl groups is 3. The average molecular weight is 342 g/mol. The molecule has 1 fully saturated rings. The number of nitrogens with zero attached hydrogens (tertiary/aromatic N) is 2. The second-order valence-corrected chi connectivity index (χ2v) is 5.99. The van der Waals surface area contributed by atoms with Crippen molar-refractivity contribution in [2.45, 2.75) is 44.4 Å². The summed E-state index contributed by atoms with van der Waals surface area (Å²) >= 11 is 0. The van der Waals surface area contributed by atoms with E-state index in [2.05, 4.69) is 10.3 Å². The van der Waals surface area contributed by atoms with Gasteiger partial charge >= 0.3 is 5.69 Å². The molecule has 134 valence electrons. The second kappa shape index (κ2) is 7.36. The van der Waals surface area contributed by atoms with Crippen LogP contribution in [0.3, 0.4) is 0 Å². The largest absolute Gasteiger partial charge is 0.394 e. The first-order valence-corrected chi connectivity index (χ1v) is 7.54. The van der Waals surface area contributed by atoms with Crippen LogP contribution in [0.25, 0.3) is 0 Å². The maximum atomic E-state index is 12.1. The lowest BCUT2D eigenvalue weighted by Gasteiger charge is -2.18. The number of anilines is 1. The van der Waals surface area contributed by atoms with Gasteiger partial charge in [-0.2, -0.15) is 4.98 Å². The summed E-state index contributed by atoms with van der Waals surface area (Å²) in [5.74, 6) is -0.532. The minimum atomic E-state index is -1.39. The Labute approximate surface area is 137 Å². The smallest absolute Gasteiger partial charge is 0.351 e. The van der Waals surface area contributed by atoms with Crippen molar-refractivity contribution in [3.05, 3.63) is 22.7 Å². The van der Waals surface area contributed by atoms with Crippen molar-refractivity contribution < 1.29 is 24.9 Å². The lowest BCUT2D eigenvalue weighted by atomic mass is 10.1. The summed E-state index contributed by atoms with van der Waals surface area (Å²) in [4.78, 5) is 27.7. The van der Waals surface area contributed by atoms with E-state index in [9.17, 15) is 19.8 Å². The Hall–Kier alpha value is -1.85. The van der Waals surface area contributed by atoms with Crippen LogP contribution in [-0.4, -0.2) is 61.7 Å². The van der Waals surface area contributed by atoms with E-state index in [1.165, 1.54) is 12.3 Å². The molecular formula is C14H22N4O6. The normalized spacial score (nSPS) is 28.1. The molecule has 10 nitrogen and oxygen atoms in total. The molecule has 0 radical (unpaired) electrons. The van der Waals surface area contributed by atoms with Crippen molar-refractivity contribution in [3.8, 4) is 0 Å². The number of nitrogens with one attached hydrogen (secondary N) is 1. The van der Waals surface area contributed by atoms with Gasteiger partial charge in [0.05, 0.1) is 12.6 Å². The van der Waals surface area contributed by atoms with E-state index in [1.54, 1.807) is 13.8 Å². The standard InChI is InChI=1S/C14H22N4O6/c1-6(2)9(15)12(22)16-8-3-4-18(14(23)17-8)13-11(21)10(20)7(5-19)24-13/h3-4,6-7,9-11,13,19-21H,5,15H2,1-2H3,(H,16,17,22,23). The highest BCUT2D eigenvalue weighted by atomic mass is 16.6. The van der Waals surface area contributed by atoms with Crippen molar-refractivity contribution in [3.63, 3.8) is 0 Å². The number of amides is 1. The summed E-state index contributed by atoms with van der Waals surface area (Å²) in [7, 11) is 0. The lowest BCUT2D eigenvalue weighted by molar-refractivity contribution is -0.118. The summed E-state index contributed by atoms with van der Waals surface area (Å²) in [5.41, 5.74) is 4.92. The number of carbonyl (C=O) groups is 1. The maximum absolute atomic E-state index is 12.1. The Morgan fingerprint density at radius 3 is 2.62 bits per heavy atom. The summed E-state index contributed by atoms with van der Waals surface area (Å²) in [5, 5.41) is 31.2. The monoisotopic (exact) mass is 342 g/mol. The first kappa shape index (κ1) is 18.5. The van der Waals surface area contributed by atoms with Crippen LogP contribution in [0, 0.1) is 5.92 Å². The summed E-state index contributed by atoms with van der Waals surface area (Å²) in [6.45, 7) is 3.08. The zero-order valence-electron chi connectivity index (χ0n) is 13.4. The molecule has 2 rings (SSSR count). The molecule has 5 unspecified atom stereocenters. The molecule has 0 aliphatic carbocycles. The van der Waals surface area contributed by atoms with Crippen LogP contribution in [-0.2, 0) is 9.53 Å². The van der Waals surface area contributed by atoms with Crippen molar-refractivity contribution in [2.75, 3.05) is 11.9 Å². The van der Waals surface area contributed by atoms with Crippen molar-refractivity contribution >= 4 is 11.7 Å². The Kier molecular flexibility index (Phi) is 5.67. The highest BCUT2D eigenvalue weighted by Gasteiger charge is 2.43. The molecule has 24 heavy (non-hydrogen) atoms. The fraction of sp³-hybridized carbons (Fsp3) is 0.643. The average Bonchev–Trinajstić information content (AvgIpc) is 2.82.